The third kappa shape index (κ3) is 3.63. The molecule has 1 aromatic heterocycles. The number of nitrogens with zero attached hydrogens (tertiary/aromatic N) is 3. The quantitative estimate of drug-likeness (QED) is 0.438. The van der Waals surface area contributed by atoms with Gasteiger partial charge in [0.15, 0.2) is 0 Å². The van der Waals surface area contributed by atoms with Crippen molar-refractivity contribution < 1.29 is 4.79 Å². The van der Waals surface area contributed by atoms with E-state index in [1.165, 1.54) is 16.7 Å². The van der Waals surface area contributed by atoms with Gasteiger partial charge < -0.3 is 9.47 Å². The van der Waals surface area contributed by atoms with Crippen LogP contribution < -0.4 is 4.90 Å². The van der Waals surface area contributed by atoms with E-state index in [4.69, 9.17) is 4.98 Å². The van der Waals surface area contributed by atoms with Crippen LogP contribution in [0.3, 0.4) is 0 Å². The number of hydrogen-bond acceptors (Lipinski definition) is 2. The van der Waals surface area contributed by atoms with Gasteiger partial charge >= 0.3 is 0 Å². The maximum Gasteiger partial charge on any atom is 0.227 e. The Morgan fingerprint density at radius 2 is 1.71 bits per heavy atom. The molecule has 1 fully saturated rings. The number of benzene rings is 3. The number of fused-ring (bicyclic) bond motifs is 1. The van der Waals surface area contributed by atoms with Crippen LogP contribution in [0.2, 0.25) is 0 Å². The van der Waals surface area contributed by atoms with Gasteiger partial charge in [-0.2, -0.15) is 0 Å². The van der Waals surface area contributed by atoms with Crippen LogP contribution in [0.5, 0.6) is 0 Å². The van der Waals surface area contributed by atoms with Crippen molar-refractivity contribution in [1.29, 1.82) is 0 Å². The second-order valence-corrected chi connectivity index (χ2v) is 8.40. The second kappa shape index (κ2) is 8.03. The molecule has 0 bridgehead atoms. The number of amides is 1. The zero-order valence-corrected chi connectivity index (χ0v) is 18.1. The first kappa shape index (κ1) is 19.6. The Balaban J connectivity index is 1.51. The van der Waals surface area contributed by atoms with E-state index < -0.39 is 0 Å². The van der Waals surface area contributed by atoms with E-state index in [1.807, 2.05) is 11.0 Å². The van der Waals surface area contributed by atoms with Gasteiger partial charge in [-0.1, -0.05) is 55.5 Å². The normalized spacial score (nSPS) is 16.4. The fourth-order valence-corrected chi connectivity index (χ4v) is 4.57. The number of hydrogen-bond donors (Lipinski definition) is 0. The van der Waals surface area contributed by atoms with Gasteiger partial charge in [0.1, 0.15) is 5.82 Å². The van der Waals surface area contributed by atoms with Gasteiger partial charge in [0.25, 0.3) is 0 Å². The molecule has 5 rings (SSSR count). The minimum absolute atomic E-state index is 0.0785. The van der Waals surface area contributed by atoms with Crippen LogP contribution in [0.15, 0.2) is 72.8 Å². The van der Waals surface area contributed by atoms with Gasteiger partial charge in [-0.3, -0.25) is 4.79 Å². The topological polar surface area (TPSA) is 38.1 Å². The van der Waals surface area contributed by atoms with Crippen LogP contribution in [-0.4, -0.2) is 22.0 Å². The van der Waals surface area contributed by atoms with Crippen molar-refractivity contribution in [3.63, 3.8) is 0 Å². The van der Waals surface area contributed by atoms with Crippen LogP contribution in [-0.2, 0) is 17.8 Å². The predicted octanol–water partition coefficient (Wildman–Crippen LogP) is 5.48. The highest BCUT2D eigenvalue weighted by atomic mass is 16.2. The van der Waals surface area contributed by atoms with Crippen LogP contribution in [0.4, 0.5) is 5.69 Å². The van der Waals surface area contributed by atoms with E-state index in [0.29, 0.717) is 13.0 Å². The van der Waals surface area contributed by atoms with Crippen molar-refractivity contribution in [1.82, 2.24) is 9.55 Å². The average molecular weight is 410 g/mol. The number of carbonyl (C=O) groups is 1. The molecule has 0 radical (unpaired) electrons. The number of para-hydroxylation sites is 2. The summed E-state index contributed by atoms with van der Waals surface area (Å²) in [7, 11) is 0. The molecule has 1 aliphatic heterocycles. The molecular formula is C27H27N3O. The lowest BCUT2D eigenvalue weighted by molar-refractivity contribution is -0.117. The summed E-state index contributed by atoms with van der Waals surface area (Å²) in [6.07, 6.45) is 1.49. The second-order valence-electron chi connectivity index (χ2n) is 8.40. The fourth-order valence-electron chi connectivity index (χ4n) is 4.57. The third-order valence-corrected chi connectivity index (χ3v) is 6.42. The predicted molar refractivity (Wildman–Crippen MR) is 126 cm³/mol. The summed E-state index contributed by atoms with van der Waals surface area (Å²) in [6.45, 7) is 5.72. The van der Waals surface area contributed by atoms with Crippen molar-refractivity contribution in [2.24, 2.45) is 0 Å². The first-order valence-electron chi connectivity index (χ1n) is 11.0. The summed E-state index contributed by atoms with van der Waals surface area (Å²) in [5.41, 5.74) is 6.93. The molecule has 31 heavy (non-hydrogen) atoms. The van der Waals surface area contributed by atoms with Gasteiger partial charge in [-0.05, 0) is 54.3 Å². The number of carbonyl (C=O) groups excluding carboxylic acids is 1. The van der Waals surface area contributed by atoms with Gasteiger partial charge in [-0.25, -0.2) is 4.98 Å². The Morgan fingerprint density at radius 3 is 2.48 bits per heavy atom. The molecule has 1 saturated heterocycles. The fraction of sp³-hybridized carbons (Fsp3) is 0.259. The number of anilines is 1. The molecule has 1 aliphatic rings. The van der Waals surface area contributed by atoms with Gasteiger partial charge in [-0.15, -0.1) is 0 Å². The molecule has 156 valence electrons. The Morgan fingerprint density at radius 1 is 0.968 bits per heavy atom. The summed E-state index contributed by atoms with van der Waals surface area (Å²) < 4.78 is 2.30. The molecule has 1 amide bonds. The molecule has 0 N–H and O–H groups in total. The monoisotopic (exact) mass is 409 g/mol. The minimum atomic E-state index is 0.0785. The van der Waals surface area contributed by atoms with E-state index >= 15 is 0 Å². The molecule has 0 spiro atoms. The Bertz CT molecular complexity index is 1240. The first-order chi connectivity index (χ1) is 15.1. The molecule has 4 heteroatoms. The first-order valence-corrected chi connectivity index (χ1v) is 11.0. The molecule has 1 atom stereocenters. The van der Waals surface area contributed by atoms with Crippen molar-refractivity contribution in [3.8, 4) is 0 Å². The van der Waals surface area contributed by atoms with Crippen LogP contribution in [0, 0.1) is 6.92 Å². The number of rotatable bonds is 5. The molecule has 4 nitrogen and oxygen atoms in total. The number of aryl methyl sites for hydroxylation is 2. The summed E-state index contributed by atoms with van der Waals surface area (Å²) in [5, 5.41) is 0. The van der Waals surface area contributed by atoms with Crippen molar-refractivity contribution in [3.05, 3.63) is 95.3 Å². The lowest BCUT2D eigenvalue weighted by atomic mass is 10.1. The Labute approximate surface area is 183 Å². The number of imidazole rings is 1. The maximum atomic E-state index is 12.9. The standard InChI is InChI=1S/C27H27N3O/c1-3-20-12-14-23(15-13-20)29-18-22(16-26(29)31)27-28-24-10-6-7-11-25(24)30(27)17-21-9-5-4-8-19(21)2/h4-15,22H,3,16-18H2,1-2H3/t22-/m0/s1. The SMILES string of the molecule is CCc1ccc(N2C[C@@H](c3nc4ccccc4n3Cc3ccccc3C)CC2=O)cc1. The van der Waals surface area contributed by atoms with E-state index in [2.05, 4.69) is 85.1 Å². The Kier molecular flexibility index (Phi) is 5.06. The highest BCUT2D eigenvalue weighted by molar-refractivity contribution is 5.96. The summed E-state index contributed by atoms with van der Waals surface area (Å²) in [4.78, 5) is 19.9. The summed E-state index contributed by atoms with van der Waals surface area (Å²) in [5.74, 6) is 1.25. The molecule has 3 aromatic carbocycles. The van der Waals surface area contributed by atoms with Crippen LogP contribution in [0.25, 0.3) is 11.0 Å². The van der Waals surface area contributed by atoms with Gasteiger partial charge in [0, 0.05) is 31.1 Å². The van der Waals surface area contributed by atoms with Crippen molar-refractivity contribution in [2.75, 3.05) is 11.4 Å². The molecule has 0 aliphatic carbocycles. The highest BCUT2D eigenvalue weighted by Crippen LogP contribution is 2.34. The molecular weight excluding hydrogens is 382 g/mol. The zero-order valence-electron chi connectivity index (χ0n) is 18.1. The van der Waals surface area contributed by atoms with Crippen LogP contribution >= 0.6 is 0 Å². The van der Waals surface area contributed by atoms with E-state index in [9.17, 15) is 4.79 Å². The number of aromatic nitrogens is 2. The maximum absolute atomic E-state index is 12.9. The minimum Gasteiger partial charge on any atom is -0.323 e. The van der Waals surface area contributed by atoms with Crippen LogP contribution in [0.1, 0.15) is 41.8 Å². The highest BCUT2D eigenvalue weighted by Gasteiger charge is 2.34. The zero-order chi connectivity index (χ0) is 21.4. The molecule has 2 heterocycles. The largest absolute Gasteiger partial charge is 0.323 e. The molecule has 0 saturated carbocycles. The van der Waals surface area contributed by atoms with E-state index in [1.54, 1.807) is 0 Å². The Hall–Kier alpha value is -3.40. The van der Waals surface area contributed by atoms with E-state index in [0.717, 1.165) is 35.5 Å². The lowest BCUT2D eigenvalue weighted by Gasteiger charge is -2.18. The summed E-state index contributed by atoms with van der Waals surface area (Å²) >= 11 is 0. The average Bonchev–Trinajstić information content (AvgIpc) is 3.36. The summed E-state index contributed by atoms with van der Waals surface area (Å²) in [6, 6.07) is 25.1. The van der Waals surface area contributed by atoms with Gasteiger partial charge in [0.05, 0.1) is 11.0 Å². The molecule has 4 aromatic rings. The van der Waals surface area contributed by atoms with Gasteiger partial charge in [0.2, 0.25) is 5.91 Å². The smallest absolute Gasteiger partial charge is 0.227 e. The van der Waals surface area contributed by atoms with Crippen molar-refractivity contribution in [2.45, 2.75) is 39.2 Å². The lowest BCUT2D eigenvalue weighted by Crippen LogP contribution is -2.24. The third-order valence-electron chi connectivity index (χ3n) is 6.42. The molecule has 0 unspecified atom stereocenters. The van der Waals surface area contributed by atoms with E-state index in [-0.39, 0.29) is 11.8 Å². The van der Waals surface area contributed by atoms with Crippen molar-refractivity contribution >= 4 is 22.6 Å².